The largest absolute Gasteiger partial charge is 0.489 e. The summed E-state index contributed by atoms with van der Waals surface area (Å²) < 4.78 is 21.8. The van der Waals surface area contributed by atoms with Gasteiger partial charge in [-0.15, -0.1) is 11.3 Å². The average Bonchev–Trinajstić information content (AvgIpc) is 3.50. The van der Waals surface area contributed by atoms with Crippen LogP contribution in [0.4, 0.5) is 0 Å². The van der Waals surface area contributed by atoms with E-state index in [2.05, 4.69) is 95.1 Å². The molecule has 6 nitrogen and oxygen atoms in total. The van der Waals surface area contributed by atoms with E-state index >= 15 is 0 Å². The molecule has 7 heteroatoms. The molecular weight excluding hydrogens is 570 g/mol. The van der Waals surface area contributed by atoms with Gasteiger partial charge in [0.15, 0.2) is 6.61 Å². The Morgan fingerprint density at radius 2 is 1.66 bits per heavy atom. The lowest BCUT2D eigenvalue weighted by Gasteiger charge is -2.24. The number of rotatable bonds is 10. The van der Waals surface area contributed by atoms with Crippen molar-refractivity contribution < 1.29 is 23.7 Å². The highest BCUT2D eigenvalue weighted by Gasteiger charge is 2.10. The Morgan fingerprint density at radius 1 is 0.932 bits per heavy atom. The van der Waals surface area contributed by atoms with E-state index < -0.39 is 5.97 Å². The zero-order chi connectivity index (χ0) is 30.7. The molecule has 2 heterocycles. The summed E-state index contributed by atoms with van der Waals surface area (Å²) in [5, 5.41) is 0. The Hall–Kier alpha value is -4.35. The molecule has 0 radical (unpaired) electrons. The number of hydrogen-bond acceptors (Lipinski definition) is 7. The van der Waals surface area contributed by atoms with Gasteiger partial charge in [-0.1, -0.05) is 48.2 Å². The topological polar surface area (TPSA) is 57.2 Å². The van der Waals surface area contributed by atoms with Crippen molar-refractivity contribution >= 4 is 22.9 Å². The van der Waals surface area contributed by atoms with Crippen LogP contribution < -0.4 is 9.47 Å². The van der Waals surface area contributed by atoms with Gasteiger partial charge in [-0.25, -0.2) is 4.79 Å². The molecule has 0 atom stereocenters. The van der Waals surface area contributed by atoms with Crippen LogP contribution in [0.25, 0.3) is 16.0 Å². The van der Waals surface area contributed by atoms with Gasteiger partial charge < -0.3 is 18.9 Å². The summed E-state index contributed by atoms with van der Waals surface area (Å²) in [6.45, 7) is 8.47. The third-order valence-electron chi connectivity index (χ3n) is 7.31. The van der Waals surface area contributed by atoms with E-state index in [0.29, 0.717) is 12.4 Å². The van der Waals surface area contributed by atoms with E-state index in [1.165, 1.54) is 22.4 Å². The molecular formula is C37H37NO5S. The third-order valence-corrected chi connectivity index (χ3v) is 8.36. The molecule has 0 N–H and O–H groups in total. The van der Waals surface area contributed by atoms with E-state index in [4.69, 9.17) is 14.2 Å². The fraction of sp³-hybridized carbons (Fsp3) is 0.270. The second-order valence-electron chi connectivity index (χ2n) is 10.5. The van der Waals surface area contributed by atoms with Crippen LogP contribution in [0.1, 0.15) is 27.1 Å². The van der Waals surface area contributed by atoms with Crippen LogP contribution in [-0.4, -0.2) is 64.0 Å². The van der Waals surface area contributed by atoms with Gasteiger partial charge in [-0.05, 0) is 90.2 Å². The summed E-state index contributed by atoms with van der Waals surface area (Å²) in [5.41, 5.74) is 6.36. The molecule has 4 aromatic rings. The van der Waals surface area contributed by atoms with Crippen LogP contribution >= 0.6 is 11.3 Å². The van der Waals surface area contributed by atoms with Gasteiger partial charge >= 0.3 is 5.97 Å². The highest BCUT2D eigenvalue weighted by molar-refractivity contribution is 7.15. The minimum atomic E-state index is -0.422. The maximum absolute atomic E-state index is 11.4. The Balaban J connectivity index is 1.32. The molecule has 1 aliphatic heterocycles. The lowest BCUT2D eigenvalue weighted by molar-refractivity contribution is -0.142. The number of methoxy groups -OCH3 is 1. The van der Waals surface area contributed by atoms with Crippen molar-refractivity contribution in [2.75, 3.05) is 53.2 Å². The summed E-state index contributed by atoms with van der Waals surface area (Å²) in [6, 6.07) is 27.0. The van der Waals surface area contributed by atoms with Crippen molar-refractivity contribution in [2.45, 2.75) is 13.8 Å². The van der Waals surface area contributed by atoms with E-state index in [0.717, 1.165) is 66.4 Å². The summed E-state index contributed by atoms with van der Waals surface area (Å²) in [7, 11) is 1.34. The zero-order valence-electron chi connectivity index (χ0n) is 25.4. The zero-order valence-corrected chi connectivity index (χ0v) is 26.2. The van der Waals surface area contributed by atoms with Crippen LogP contribution in [0.15, 0.2) is 84.9 Å². The molecule has 1 aromatic heterocycles. The van der Waals surface area contributed by atoms with Crippen molar-refractivity contribution in [3.05, 3.63) is 112 Å². The summed E-state index contributed by atoms with van der Waals surface area (Å²) >= 11 is 1.80. The molecule has 3 aromatic carbocycles. The van der Waals surface area contributed by atoms with Gasteiger partial charge in [-0.3, -0.25) is 4.90 Å². The molecule has 0 spiro atoms. The second kappa shape index (κ2) is 15.4. The predicted octanol–water partition coefficient (Wildman–Crippen LogP) is 6.78. The molecule has 0 bridgehead atoms. The van der Waals surface area contributed by atoms with Crippen LogP contribution in [0.2, 0.25) is 0 Å². The number of morpholine rings is 1. The molecule has 0 saturated carbocycles. The van der Waals surface area contributed by atoms with E-state index in [1.54, 1.807) is 11.3 Å². The molecule has 1 fully saturated rings. The van der Waals surface area contributed by atoms with Crippen LogP contribution in [-0.2, 0) is 14.3 Å². The standard InChI is InChI=1S/C37H37NO5S/c1-27-25-33(15-16-35(27)43-26-37(39)40-3)42-22-18-34(31-11-13-32(14-12-31)36-17-6-28(2)44-36)30-9-7-29(8-10-30)5-4-19-38-20-23-41-24-21-38/h6-18,25H,19-24,26H2,1-3H3/b34-18+. The maximum Gasteiger partial charge on any atom is 0.343 e. The van der Waals surface area contributed by atoms with E-state index in [1.807, 2.05) is 25.1 Å². The first-order valence-electron chi connectivity index (χ1n) is 14.7. The minimum absolute atomic E-state index is 0.132. The maximum atomic E-state index is 11.4. The molecule has 1 saturated heterocycles. The first kappa shape index (κ1) is 31.1. The monoisotopic (exact) mass is 607 g/mol. The normalized spacial score (nSPS) is 13.6. The molecule has 44 heavy (non-hydrogen) atoms. The highest BCUT2D eigenvalue weighted by atomic mass is 32.1. The molecule has 0 amide bonds. The van der Waals surface area contributed by atoms with Crippen molar-refractivity contribution in [3.8, 4) is 33.8 Å². The van der Waals surface area contributed by atoms with Gasteiger partial charge in [0.2, 0.25) is 0 Å². The Labute approximate surface area is 263 Å². The van der Waals surface area contributed by atoms with E-state index in [-0.39, 0.29) is 6.61 Å². The summed E-state index contributed by atoms with van der Waals surface area (Å²) in [5.74, 6) is 7.53. The minimum Gasteiger partial charge on any atom is -0.489 e. The van der Waals surface area contributed by atoms with Crippen LogP contribution in [0.3, 0.4) is 0 Å². The lowest BCUT2D eigenvalue weighted by atomic mass is 9.95. The molecule has 1 aliphatic rings. The Morgan fingerprint density at radius 3 is 2.32 bits per heavy atom. The number of carbonyl (C=O) groups excluding carboxylic acids is 1. The number of benzene rings is 3. The predicted molar refractivity (Wildman–Crippen MR) is 176 cm³/mol. The SMILES string of the molecule is COC(=O)COc1ccc(OC/C=C(\c2ccc(C#CCN3CCOCC3)cc2)c2ccc(-c3ccc(C)s3)cc2)cc1C. The fourth-order valence-corrected chi connectivity index (χ4v) is 5.72. The molecule has 226 valence electrons. The summed E-state index contributed by atoms with van der Waals surface area (Å²) in [6.07, 6.45) is 2.11. The first-order chi connectivity index (χ1) is 21.5. The lowest BCUT2D eigenvalue weighted by Crippen LogP contribution is -2.36. The number of ether oxygens (including phenoxy) is 4. The van der Waals surface area contributed by atoms with Crippen molar-refractivity contribution in [2.24, 2.45) is 0 Å². The smallest absolute Gasteiger partial charge is 0.343 e. The molecule has 5 rings (SSSR count). The van der Waals surface area contributed by atoms with Crippen molar-refractivity contribution in [3.63, 3.8) is 0 Å². The number of aryl methyl sites for hydroxylation is 2. The third kappa shape index (κ3) is 8.61. The van der Waals surface area contributed by atoms with Crippen molar-refractivity contribution in [1.82, 2.24) is 4.90 Å². The summed E-state index contributed by atoms with van der Waals surface area (Å²) in [4.78, 5) is 16.3. The quantitative estimate of drug-likeness (QED) is 0.146. The second-order valence-corrected chi connectivity index (χ2v) is 11.8. The van der Waals surface area contributed by atoms with Crippen molar-refractivity contribution in [1.29, 1.82) is 0 Å². The molecule has 0 unspecified atom stereocenters. The van der Waals surface area contributed by atoms with Crippen LogP contribution in [0.5, 0.6) is 11.5 Å². The van der Waals surface area contributed by atoms with Gasteiger partial charge in [0.05, 0.1) is 26.9 Å². The number of carbonyl (C=O) groups is 1. The average molecular weight is 608 g/mol. The Bertz CT molecular complexity index is 1640. The van der Waals surface area contributed by atoms with Gasteiger partial charge in [0.1, 0.15) is 18.1 Å². The Kier molecular flexibility index (Phi) is 10.9. The first-order valence-corrected chi connectivity index (χ1v) is 15.5. The fourth-order valence-electron chi connectivity index (χ4n) is 4.84. The number of nitrogens with zero attached hydrogens (tertiary/aromatic N) is 1. The van der Waals surface area contributed by atoms with Crippen LogP contribution in [0, 0.1) is 25.7 Å². The van der Waals surface area contributed by atoms with Gasteiger partial charge in [-0.2, -0.15) is 0 Å². The van der Waals surface area contributed by atoms with Gasteiger partial charge in [0.25, 0.3) is 0 Å². The van der Waals surface area contributed by atoms with E-state index in [9.17, 15) is 4.79 Å². The number of thiophene rings is 1. The highest BCUT2D eigenvalue weighted by Crippen LogP contribution is 2.31. The molecule has 0 aliphatic carbocycles. The number of esters is 1. The number of hydrogen-bond donors (Lipinski definition) is 0. The van der Waals surface area contributed by atoms with Gasteiger partial charge in [0, 0.05) is 28.4 Å².